The van der Waals surface area contributed by atoms with Crippen molar-refractivity contribution in [2.24, 2.45) is 0 Å². The lowest BCUT2D eigenvalue weighted by Gasteiger charge is -2.23. The third-order valence-electron chi connectivity index (χ3n) is 2.67. The fourth-order valence-corrected chi connectivity index (χ4v) is 1.93. The van der Waals surface area contributed by atoms with Crippen molar-refractivity contribution >= 4 is 17.5 Å². The molecule has 6 heteroatoms. The van der Waals surface area contributed by atoms with Gasteiger partial charge in [0.25, 0.3) is 5.91 Å². The quantitative estimate of drug-likeness (QED) is 0.820. The topological polar surface area (TPSA) is 49.3 Å². The molecule has 0 aromatic heterocycles. The molecule has 1 aromatic carbocycles. The summed E-state index contributed by atoms with van der Waals surface area (Å²) in [7, 11) is 0. The van der Waals surface area contributed by atoms with Crippen LogP contribution in [-0.2, 0) is 0 Å². The first-order valence-corrected chi connectivity index (χ1v) is 6.30. The zero-order valence-electron chi connectivity index (χ0n) is 10.8. The molecular weight excluding hydrogens is 276 g/mol. The molecule has 1 rings (SSSR count). The van der Waals surface area contributed by atoms with Crippen molar-refractivity contribution in [3.8, 4) is 0 Å². The number of carbonyl (C=O) groups is 1. The summed E-state index contributed by atoms with van der Waals surface area (Å²) in [6.07, 6.45) is 1.27. The number of hydrogen-bond donors (Lipinski definition) is 2. The lowest BCUT2D eigenvalue weighted by molar-refractivity contribution is 0.0469. The molecule has 0 aliphatic carbocycles. The minimum atomic E-state index is -1.14. The van der Waals surface area contributed by atoms with Gasteiger partial charge in [0.2, 0.25) is 0 Å². The van der Waals surface area contributed by atoms with Gasteiger partial charge in [0.05, 0.1) is 16.2 Å². The van der Waals surface area contributed by atoms with Crippen molar-refractivity contribution in [2.75, 3.05) is 6.54 Å². The second-order valence-corrected chi connectivity index (χ2v) is 5.08. The number of amides is 1. The highest BCUT2D eigenvalue weighted by atomic mass is 35.5. The van der Waals surface area contributed by atoms with E-state index < -0.39 is 23.1 Å². The third kappa shape index (κ3) is 4.44. The summed E-state index contributed by atoms with van der Waals surface area (Å²) in [6, 6.07) is 1.48. The van der Waals surface area contributed by atoms with Gasteiger partial charge in [-0.3, -0.25) is 4.79 Å². The Morgan fingerprint density at radius 3 is 2.58 bits per heavy atom. The third-order valence-corrected chi connectivity index (χ3v) is 2.99. The van der Waals surface area contributed by atoms with E-state index in [1.54, 1.807) is 6.92 Å². The van der Waals surface area contributed by atoms with Crippen LogP contribution >= 0.6 is 11.6 Å². The van der Waals surface area contributed by atoms with Crippen LogP contribution in [0, 0.1) is 11.6 Å². The SMILES string of the molecule is CCCC(C)(O)CNC(=O)c1cc(F)c(F)cc1Cl. The molecule has 106 valence electrons. The molecule has 3 nitrogen and oxygen atoms in total. The highest BCUT2D eigenvalue weighted by molar-refractivity contribution is 6.33. The van der Waals surface area contributed by atoms with Crippen molar-refractivity contribution in [3.63, 3.8) is 0 Å². The highest BCUT2D eigenvalue weighted by Gasteiger charge is 2.21. The van der Waals surface area contributed by atoms with Crippen LogP contribution in [0.1, 0.15) is 37.0 Å². The molecule has 1 aromatic rings. The molecule has 1 atom stereocenters. The zero-order valence-corrected chi connectivity index (χ0v) is 11.5. The molecule has 0 radical (unpaired) electrons. The molecule has 19 heavy (non-hydrogen) atoms. The van der Waals surface area contributed by atoms with E-state index in [0.717, 1.165) is 18.6 Å². The molecule has 1 unspecified atom stereocenters. The predicted molar refractivity (Wildman–Crippen MR) is 69.2 cm³/mol. The highest BCUT2D eigenvalue weighted by Crippen LogP contribution is 2.20. The van der Waals surface area contributed by atoms with E-state index in [1.807, 2.05) is 6.92 Å². The first kappa shape index (κ1) is 15.9. The van der Waals surface area contributed by atoms with Crippen molar-refractivity contribution in [1.82, 2.24) is 5.32 Å². The molecule has 0 saturated carbocycles. The number of nitrogens with one attached hydrogen (secondary N) is 1. The van der Waals surface area contributed by atoms with E-state index in [1.165, 1.54) is 0 Å². The first-order valence-electron chi connectivity index (χ1n) is 5.92. The van der Waals surface area contributed by atoms with E-state index in [-0.39, 0.29) is 17.1 Å². The molecule has 0 saturated heterocycles. The maximum atomic E-state index is 13.1. The average Bonchev–Trinajstić information content (AvgIpc) is 2.31. The molecule has 0 aliphatic rings. The van der Waals surface area contributed by atoms with Gasteiger partial charge in [-0.25, -0.2) is 8.78 Å². The molecule has 2 N–H and O–H groups in total. The summed E-state index contributed by atoms with van der Waals surface area (Å²) < 4.78 is 25.9. The van der Waals surface area contributed by atoms with Crippen LogP contribution in [0.15, 0.2) is 12.1 Å². The monoisotopic (exact) mass is 291 g/mol. The smallest absolute Gasteiger partial charge is 0.253 e. The maximum absolute atomic E-state index is 13.1. The minimum absolute atomic E-state index is 0.00893. The normalized spacial score (nSPS) is 14.0. The Labute approximate surface area is 115 Å². The summed E-state index contributed by atoms with van der Waals surface area (Å²) in [6.45, 7) is 3.50. The van der Waals surface area contributed by atoms with Crippen molar-refractivity contribution in [3.05, 3.63) is 34.4 Å². The van der Waals surface area contributed by atoms with E-state index in [2.05, 4.69) is 5.32 Å². The lowest BCUT2D eigenvalue weighted by atomic mass is 10.0. The lowest BCUT2D eigenvalue weighted by Crippen LogP contribution is -2.40. The molecule has 0 heterocycles. The van der Waals surface area contributed by atoms with Gasteiger partial charge in [0, 0.05) is 6.54 Å². The summed E-state index contributed by atoms with van der Waals surface area (Å²) in [5, 5.41) is 12.2. The second kappa shape index (κ2) is 6.30. The van der Waals surface area contributed by atoms with Gasteiger partial charge in [0.15, 0.2) is 11.6 Å². The van der Waals surface area contributed by atoms with Crippen LogP contribution in [0.3, 0.4) is 0 Å². The Morgan fingerprint density at radius 2 is 2.00 bits per heavy atom. The van der Waals surface area contributed by atoms with Gasteiger partial charge in [0.1, 0.15) is 0 Å². The van der Waals surface area contributed by atoms with Crippen LogP contribution in [0.25, 0.3) is 0 Å². The molecule has 0 bridgehead atoms. The van der Waals surface area contributed by atoms with E-state index in [0.29, 0.717) is 6.42 Å². The Hall–Kier alpha value is -1.20. The van der Waals surface area contributed by atoms with Crippen molar-refractivity contribution in [1.29, 1.82) is 0 Å². The molecule has 1 amide bonds. The van der Waals surface area contributed by atoms with Gasteiger partial charge in [-0.05, 0) is 25.5 Å². The van der Waals surface area contributed by atoms with Crippen LogP contribution in [-0.4, -0.2) is 23.2 Å². The van der Waals surface area contributed by atoms with Crippen LogP contribution < -0.4 is 5.32 Å². The Kier molecular flexibility index (Phi) is 5.26. The van der Waals surface area contributed by atoms with Crippen LogP contribution in [0.4, 0.5) is 8.78 Å². The number of carbonyl (C=O) groups excluding carboxylic acids is 1. The van der Waals surface area contributed by atoms with E-state index in [9.17, 15) is 18.7 Å². The predicted octanol–water partition coefficient (Wildman–Crippen LogP) is 2.90. The molecule has 0 spiro atoms. The Bertz CT molecular complexity index is 478. The van der Waals surface area contributed by atoms with E-state index >= 15 is 0 Å². The number of rotatable bonds is 5. The van der Waals surface area contributed by atoms with Crippen LogP contribution in [0.5, 0.6) is 0 Å². The molecule has 0 aliphatic heterocycles. The largest absolute Gasteiger partial charge is 0.388 e. The average molecular weight is 292 g/mol. The molecule has 0 fully saturated rings. The number of aliphatic hydroxyl groups is 1. The van der Waals surface area contributed by atoms with Gasteiger partial charge >= 0.3 is 0 Å². The van der Waals surface area contributed by atoms with Gasteiger partial charge in [-0.15, -0.1) is 0 Å². The van der Waals surface area contributed by atoms with Crippen molar-refractivity contribution < 1.29 is 18.7 Å². The molecular formula is C13H16ClF2NO2. The fourth-order valence-electron chi connectivity index (χ4n) is 1.69. The number of halogens is 3. The standard InChI is InChI=1S/C13H16ClF2NO2/c1-3-4-13(2,19)7-17-12(18)8-5-10(15)11(16)6-9(8)14/h5-6,19H,3-4,7H2,1-2H3,(H,17,18). The maximum Gasteiger partial charge on any atom is 0.253 e. The minimum Gasteiger partial charge on any atom is -0.388 e. The Balaban J connectivity index is 2.77. The van der Waals surface area contributed by atoms with Gasteiger partial charge in [-0.1, -0.05) is 24.9 Å². The summed E-state index contributed by atoms with van der Waals surface area (Å²) in [5.41, 5.74) is -1.21. The fraction of sp³-hybridized carbons (Fsp3) is 0.462. The Morgan fingerprint density at radius 1 is 1.42 bits per heavy atom. The first-order chi connectivity index (χ1) is 8.76. The van der Waals surface area contributed by atoms with E-state index in [4.69, 9.17) is 11.6 Å². The van der Waals surface area contributed by atoms with Crippen molar-refractivity contribution in [2.45, 2.75) is 32.3 Å². The summed E-state index contributed by atoms with van der Waals surface area (Å²) >= 11 is 5.68. The number of benzene rings is 1. The van der Waals surface area contributed by atoms with Gasteiger partial charge in [-0.2, -0.15) is 0 Å². The van der Waals surface area contributed by atoms with Crippen LogP contribution in [0.2, 0.25) is 5.02 Å². The zero-order chi connectivity index (χ0) is 14.6. The second-order valence-electron chi connectivity index (χ2n) is 4.68. The number of hydrogen-bond acceptors (Lipinski definition) is 2. The summed E-state index contributed by atoms with van der Waals surface area (Å²) in [5.74, 6) is -2.91. The summed E-state index contributed by atoms with van der Waals surface area (Å²) in [4.78, 5) is 11.8. The van der Waals surface area contributed by atoms with Gasteiger partial charge < -0.3 is 10.4 Å².